The van der Waals surface area contributed by atoms with E-state index >= 15 is 0 Å². The number of methoxy groups -OCH3 is 1. The zero-order chi connectivity index (χ0) is 19.8. The van der Waals surface area contributed by atoms with Crippen molar-refractivity contribution in [1.29, 1.82) is 0 Å². The molecular weight excluding hydrogens is 360 g/mol. The number of benzene rings is 2. The first-order valence-corrected chi connectivity index (χ1v) is 10.0. The average Bonchev–Trinajstić information content (AvgIpc) is 2.72. The topological polar surface area (TPSA) is 58.6 Å². The number of rotatable bonds is 8. The van der Waals surface area contributed by atoms with E-state index in [1.54, 1.807) is 23.9 Å². The maximum absolute atomic E-state index is 12.7. The lowest BCUT2D eigenvalue weighted by molar-refractivity contribution is -0.141. The number of carbonyl (C=O) groups excluding carboxylic acids is 2. The number of esters is 1. The highest BCUT2D eigenvalue weighted by molar-refractivity contribution is 7.98. The molecule has 0 bridgehead atoms. The minimum atomic E-state index is -0.446. The fourth-order valence-electron chi connectivity index (χ4n) is 2.63. The normalized spacial score (nSPS) is 11.6. The van der Waals surface area contributed by atoms with Gasteiger partial charge in [0.15, 0.2) is 0 Å². The van der Waals surface area contributed by atoms with E-state index in [1.807, 2.05) is 49.7 Å². The van der Waals surface area contributed by atoms with Crippen molar-refractivity contribution in [1.82, 2.24) is 5.32 Å². The summed E-state index contributed by atoms with van der Waals surface area (Å²) in [7, 11) is 3.35. The highest BCUT2D eigenvalue weighted by Gasteiger charge is 2.20. The van der Waals surface area contributed by atoms with E-state index in [4.69, 9.17) is 4.74 Å². The molecule has 27 heavy (non-hydrogen) atoms. The summed E-state index contributed by atoms with van der Waals surface area (Å²) in [6, 6.07) is 14.8. The molecule has 0 spiro atoms. The van der Waals surface area contributed by atoms with Crippen molar-refractivity contribution in [3.63, 3.8) is 0 Å². The van der Waals surface area contributed by atoms with Crippen molar-refractivity contribution >= 4 is 29.3 Å². The fourth-order valence-corrected chi connectivity index (χ4v) is 3.04. The summed E-state index contributed by atoms with van der Waals surface area (Å²) in [6.07, 6.45) is 2.08. The number of ether oxygens (including phenoxy) is 1. The molecule has 6 heteroatoms. The number of hydrogen-bond acceptors (Lipinski definition) is 5. The van der Waals surface area contributed by atoms with E-state index in [2.05, 4.69) is 17.1 Å². The molecule has 5 nitrogen and oxygen atoms in total. The van der Waals surface area contributed by atoms with Gasteiger partial charge in [0.05, 0.1) is 19.6 Å². The first-order chi connectivity index (χ1) is 13.0. The van der Waals surface area contributed by atoms with Gasteiger partial charge in [-0.25, -0.2) is 0 Å². The van der Waals surface area contributed by atoms with Crippen LogP contribution in [0.4, 0.5) is 5.69 Å². The molecule has 0 saturated carbocycles. The van der Waals surface area contributed by atoms with Gasteiger partial charge in [0, 0.05) is 29.7 Å². The number of thioether (sulfide) groups is 1. The van der Waals surface area contributed by atoms with Gasteiger partial charge in [0.2, 0.25) is 0 Å². The van der Waals surface area contributed by atoms with Gasteiger partial charge in [-0.05, 0) is 55.1 Å². The Bertz CT molecular complexity index is 760. The smallest absolute Gasteiger partial charge is 0.307 e. The molecule has 0 heterocycles. The van der Waals surface area contributed by atoms with Gasteiger partial charge in [-0.2, -0.15) is 0 Å². The van der Waals surface area contributed by atoms with Crippen molar-refractivity contribution in [3.05, 3.63) is 59.7 Å². The molecule has 2 aromatic rings. The molecule has 0 radical (unpaired) electrons. The first kappa shape index (κ1) is 20.8. The van der Waals surface area contributed by atoms with Crippen LogP contribution in [0.5, 0.6) is 0 Å². The minimum Gasteiger partial charge on any atom is -0.469 e. The van der Waals surface area contributed by atoms with Crippen LogP contribution in [-0.2, 0) is 9.53 Å². The highest BCUT2D eigenvalue weighted by Crippen LogP contribution is 2.22. The van der Waals surface area contributed by atoms with E-state index in [-0.39, 0.29) is 18.3 Å². The monoisotopic (exact) mass is 386 g/mol. The number of carbonyl (C=O) groups is 2. The van der Waals surface area contributed by atoms with Gasteiger partial charge in [0.25, 0.3) is 5.91 Å². The van der Waals surface area contributed by atoms with Crippen LogP contribution in [-0.4, -0.2) is 38.8 Å². The zero-order valence-corrected chi connectivity index (χ0v) is 17.0. The molecule has 0 aliphatic rings. The Labute approximate surface area is 165 Å². The van der Waals surface area contributed by atoms with Crippen LogP contribution >= 0.6 is 11.8 Å². The average molecular weight is 387 g/mol. The third kappa shape index (κ3) is 5.76. The Balaban J connectivity index is 2.17. The van der Waals surface area contributed by atoms with Crippen molar-refractivity contribution in [2.24, 2.45) is 0 Å². The first-order valence-electron chi connectivity index (χ1n) is 8.81. The van der Waals surface area contributed by atoms with E-state index in [1.165, 1.54) is 7.11 Å². The van der Waals surface area contributed by atoms with Crippen LogP contribution in [0.15, 0.2) is 53.4 Å². The molecule has 0 aliphatic heterocycles. The van der Waals surface area contributed by atoms with Crippen LogP contribution in [0.2, 0.25) is 0 Å². The molecule has 0 fully saturated rings. The molecule has 2 aromatic carbocycles. The maximum Gasteiger partial charge on any atom is 0.307 e. The number of nitrogens with one attached hydrogen (secondary N) is 1. The second-order valence-corrected chi connectivity index (χ2v) is 7.02. The van der Waals surface area contributed by atoms with Crippen LogP contribution < -0.4 is 10.2 Å². The molecule has 1 N–H and O–H groups in total. The van der Waals surface area contributed by atoms with Crippen molar-refractivity contribution in [3.8, 4) is 0 Å². The van der Waals surface area contributed by atoms with Gasteiger partial charge >= 0.3 is 5.97 Å². The molecular formula is C21H26N2O3S. The van der Waals surface area contributed by atoms with E-state index in [0.717, 1.165) is 22.7 Å². The third-order valence-electron chi connectivity index (χ3n) is 4.47. The lowest BCUT2D eigenvalue weighted by Crippen LogP contribution is -2.30. The Morgan fingerprint density at radius 1 is 1.11 bits per heavy atom. The molecule has 0 aromatic heterocycles. The second kappa shape index (κ2) is 10.0. The summed E-state index contributed by atoms with van der Waals surface area (Å²) in [5.41, 5.74) is 2.47. The third-order valence-corrected chi connectivity index (χ3v) is 5.21. The molecule has 0 saturated heterocycles. The zero-order valence-electron chi connectivity index (χ0n) is 16.2. The van der Waals surface area contributed by atoms with Gasteiger partial charge in [-0.15, -0.1) is 11.8 Å². The Hall–Kier alpha value is -2.47. The summed E-state index contributed by atoms with van der Waals surface area (Å²) in [5, 5.41) is 2.95. The van der Waals surface area contributed by atoms with Crippen molar-refractivity contribution in [2.45, 2.75) is 24.3 Å². The van der Waals surface area contributed by atoms with Crippen molar-refractivity contribution in [2.75, 3.05) is 31.9 Å². The number of nitrogens with zero attached hydrogens (tertiary/aromatic N) is 1. The minimum absolute atomic E-state index is 0.0809. The van der Waals surface area contributed by atoms with E-state index in [9.17, 15) is 9.59 Å². The van der Waals surface area contributed by atoms with Crippen LogP contribution in [0.1, 0.15) is 35.3 Å². The molecule has 1 amide bonds. The molecule has 1 atom stereocenters. The fraction of sp³-hybridized carbons (Fsp3) is 0.333. The van der Waals surface area contributed by atoms with Gasteiger partial charge in [-0.3, -0.25) is 9.59 Å². The molecule has 0 aliphatic carbocycles. The Morgan fingerprint density at radius 3 is 2.26 bits per heavy atom. The largest absolute Gasteiger partial charge is 0.469 e. The summed E-state index contributed by atoms with van der Waals surface area (Å²) in [4.78, 5) is 27.7. The molecule has 144 valence electrons. The summed E-state index contributed by atoms with van der Waals surface area (Å²) in [5.74, 6) is -0.585. The molecule has 2 rings (SSSR count). The van der Waals surface area contributed by atoms with E-state index in [0.29, 0.717) is 5.56 Å². The van der Waals surface area contributed by atoms with Crippen LogP contribution in [0.25, 0.3) is 0 Å². The predicted octanol–water partition coefficient (Wildman–Crippen LogP) is 3.90. The predicted molar refractivity (Wildman–Crippen MR) is 110 cm³/mol. The summed E-state index contributed by atoms with van der Waals surface area (Å²) < 4.78 is 4.79. The van der Waals surface area contributed by atoms with Crippen LogP contribution in [0.3, 0.4) is 0 Å². The Kier molecular flexibility index (Phi) is 7.73. The highest BCUT2D eigenvalue weighted by atomic mass is 32.2. The summed E-state index contributed by atoms with van der Waals surface area (Å²) >= 11 is 1.64. The quantitative estimate of drug-likeness (QED) is 0.551. The van der Waals surface area contributed by atoms with E-state index < -0.39 is 6.04 Å². The SMILES string of the molecule is CCN(C)c1ccc(C(=O)NC(CC(=O)OC)c2ccc(SC)cc2)cc1. The number of anilines is 1. The van der Waals surface area contributed by atoms with Crippen LogP contribution in [0, 0.1) is 0 Å². The lowest BCUT2D eigenvalue weighted by atomic mass is 10.0. The van der Waals surface area contributed by atoms with Gasteiger partial charge < -0.3 is 15.0 Å². The van der Waals surface area contributed by atoms with Gasteiger partial charge in [0.1, 0.15) is 0 Å². The Morgan fingerprint density at radius 2 is 1.74 bits per heavy atom. The van der Waals surface area contributed by atoms with Crippen molar-refractivity contribution < 1.29 is 14.3 Å². The number of amides is 1. The summed E-state index contributed by atoms with van der Waals surface area (Å²) in [6.45, 7) is 2.96. The number of hydrogen-bond donors (Lipinski definition) is 1. The maximum atomic E-state index is 12.7. The second-order valence-electron chi connectivity index (χ2n) is 6.14. The van der Waals surface area contributed by atoms with Gasteiger partial charge in [-0.1, -0.05) is 12.1 Å². The molecule has 1 unspecified atom stereocenters. The lowest BCUT2D eigenvalue weighted by Gasteiger charge is -2.20. The standard InChI is InChI=1S/C21H26N2O3S/c1-5-23(2)17-10-6-16(7-11-17)21(25)22-19(14-20(24)26-3)15-8-12-18(27-4)13-9-15/h6-13,19H,5,14H2,1-4H3,(H,22,25).